The summed E-state index contributed by atoms with van der Waals surface area (Å²) in [6.45, 7) is 1.04. The summed E-state index contributed by atoms with van der Waals surface area (Å²) in [6.07, 6.45) is 3.31. The molecule has 2 heterocycles. The Balaban J connectivity index is 1.48. The van der Waals surface area contributed by atoms with Crippen LogP contribution in [0.1, 0.15) is 43.7 Å². The zero-order chi connectivity index (χ0) is 19.7. The average molecular weight is 411 g/mol. The van der Waals surface area contributed by atoms with Gasteiger partial charge in [-0.25, -0.2) is 0 Å². The molecule has 1 aliphatic carbocycles. The first-order chi connectivity index (χ1) is 13.4. The lowest BCUT2D eigenvalue weighted by Crippen LogP contribution is -2.17. The Morgan fingerprint density at radius 1 is 1.18 bits per heavy atom. The van der Waals surface area contributed by atoms with Gasteiger partial charge in [0.2, 0.25) is 0 Å². The molecular formula is C18H20F3N5OS. The Hall–Kier alpha value is -2.36. The first-order valence-corrected chi connectivity index (χ1v) is 10.0. The number of aromatic nitrogens is 4. The number of hydrogen-bond acceptors (Lipinski definition) is 5. The summed E-state index contributed by atoms with van der Waals surface area (Å²) in [7, 11) is 0. The van der Waals surface area contributed by atoms with Crippen LogP contribution in [0.3, 0.4) is 0 Å². The van der Waals surface area contributed by atoms with Crippen LogP contribution in [0.25, 0.3) is 10.2 Å². The van der Waals surface area contributed by atoms with Crippen molar-refractivity contribution >= 4 is 21.6 Å². The lowest BCUT2D eigenvalue weighted by molar-refractivity contribution is -0.274. The van der Waals surface area contributed by atoms with Crippen molar-refractivity contribution < 1.29 is 17.9 Å². The van der Waals surface area contributed by atoms with E-state index in [1.165, 1.54) is 31.4 Å². The van der Waals surface area contributed by atoms with Gasteiger partial charge in [0.25, 0.3) is 0 Å². The van der Waals surface area contributed by atoms with Gasteiger partial charge >= 0.3 is 6.36 Å². The van der Waals surface area contributed by atoms with E-state index in [2.05, 4.69) is 15.0 Å². The molecule has 1 N–H and O–H groups in total. The van der Waals surface area contributed by atoms with E-state index in [9.17, 15) is 13.2 Å². The van der Waals surface area contributed by atoms with Crippen LogP contribution in [-0.2, 0) is 13.1 Å². The molecule has 0 saturated heterocycles. The summed E-state index contributed by atoms with van der Waals surface area (Å²) in [6, 6.07) is 4.15. The lowest BCUT2D eigenvalue weighted by atomic mass is 9.87. The molecule has 1 aliphatic rings. The van der Waals surface area contributed by atoms with Gasteiger partial charge in [-0.05, 0) is 31.0 Å². The fraction of sp³-hybridized carbons (Fsp3) is 0.500. The predicted octanol–water partition coefficient (Wildman–Crippen LogP) is 4.42. The highest BCUT2D eigenvalue weighted by molar-refractivity contribution is 7.16. The van der Waals surface area contributed by atoms with Crippen molar-refractivity contribution in [3.05, 3.63) is 34.9 Å². The van der Waals surface area contributed by atoms with Crippen molar-refractivity contribution in [2.45, 2.75) is 57.5 Å². The molecule has 0 aliphatic heterocycles. The van der Waals surface area contributed by atoms with Crippen molar-refractivity contribution in [2.75, 3.05) is 0 Å². The third-order valence-electron chi connectivity index (χ3n) is 5.04. The maximum Gasteiger partial charge on any atom is 0.573 e. The lowest BCUT2D eigenvalue weighted by Gasteiger charge is -2.18. The van der Waals surface area contributed by atoms with Gasteiger partial charge < -0.3 is 9.30 Å². The molecule has 150 valence electrons. The Morgan fingerprint density at radius 3 is 2.71 bits per heavy atom. The Bertz CT molecular complexity index is 1020. The summed E-state index contributed by atoms with van der Waals surface area (Å²) in [5.41, 5.74) is 1.73. The molecule has 1 fully saturated rings. The van der Waals surface area contributed by atoms with Gasteiger partial charge in [0.1, 0.15) is 5.75 Å². The van der Waals surface area contributed by atoms with Crippen LogP contribution < -0.4 is 9.54 Å². The third kappa shape index (κ3) is 4.21. The molecule has 28 heavy (non-hydrogen) atoms. The monoisotopic (exact) mass is 411 g/mol. The van der Waals surface area contributed by atoms with Crippen LogP contribution >= 0.6 is 11.3 Å². The van der Waals surface area contributed by atoms with Gasteiger partial charge in [0.15, 0.2) is 4.80 Å². The molecule has 4 rings (SSSR count). The molecule has 0 radical (unpaired) electrons. The molecule has 3 aromatic rings. The van der Waals surface area contributed by atoms with Crippen molar-refractivity contribution in [1.82, 2.24) is 19.6 Å². The molecular weight excluding hydrogens is 391 g/mol. The Kier molecular flexibility index (Phi) is 5.13. The number of halogens is 3. The average Bonchev–Trinajstić information content (AvgIpc) is 3.23. The van der Waals surface area contributed by atoms with Gasteiger partial charge in [0.05, 0.1) is 22.5 Å². The second-order valence-corrected chi connectivity index (χ2v) is 8.01. The largest absolute Gasteiger partial charge is 0.573 e. The summed E-state index contributed by atoms with van der Waals surface area (Å²) < 4.78 is 45.3. The summed E-state index contributed by atoms with van der Waals surface area (Å²) in [4.78, 5) is 0.270. The zero-order valence-electron chi connectivity index (χ0n) is 15.1. The van der Waals surface area contributed by atoms with Gasteiger partial charge in [-0.1, -0.05) is 35.8 Å². The number of aryl methyl sites for hydroxylation is 2. The number of benzene rings is 1. The first kappa shape index (κ1) is 19.0. The molecule has 10 heteroatoms. The number of rotatable bonds is 5. The number of nitrogens with zero attached hydrogens (tertiary/aromatic N) is 4. The summed E-state index contributed by atoms with van der Waals surface area (Å²) >= 11 is 1.12. The van der Waals surface area contributed by atoms with Crippen molar-refractivity contribution in [3.63, 3.8) is 0 Å². The highest BCUT2D eigenvalue weighted by Gasteiger charge is 2.31. The molecule has 1 saturated carbocycles. The number of nitrogens with one attached hydrogen (secondary N) is 1. The minimum Gasteiger partial charge on any atom is -0.406 e. The van der Waals surface area contributed by atoms with Crippen LogP contribution in [0.5, 0.6) is 5.75 Å². The SMILES string of the molecule is N=c1sc2cc(OC(F)(F)F)ccc2n1CCn1cc(C2CCCCC2)nn1. The van der Waals surface area contributed by atoms with E-state index in [1.54, 1.807) is 15.3 Å². The quantitative estimate of drug-likeness (QED) is 0.676. The molecule has 0 atom stereocenters. The number of fused-ring (bicyclic) bond motifs is 1. The Morgan fingerprint density at radius 2 is 1.96 bits per heavy atom. The van der Waals surface area contributed by atoms with E-state index in [-0.39, 0.29) is 10.6 Å². The zero-order valence-corrected chi connectivity index (χ0v) is 15.9. The number of hydrogen-bond donors (Lipinski definition) is 1. The summed E-state index contributed by atoms with van der Waals surface area (Å²) in [5, 5.41) is 16.7. The third-order valence-corrected chi connectivity index (χ3v) is 6.00. The van der Waals surface area contributed by atoms with E-state index in [1.807, 2.05) is 6.20 Å². The molecule has 1 aromatic carbocycles. The van der Waals surface area contributed by atoms with E-state index >= 15 is 0 Å². The van der Waals surface area contributed by atoms with Crippen LogP contribution in [-0.4, -0.2) is 25.9 Å². The van der Waals surface area contributed by atoms with Crippen LogP contribution in [0.4, 0.5) is 13.2 Å². The normalized spacial score (nSPS) is 16.0. The predicted molar refractivity (Wildman–Crippen MR) is 98.2 cm³/mol. The van der Waals surface area contributed by atoms with Crippen LogP contribution in [0.2, 0.25) is 0 Å². The second kappa shape index (κ2) is 7.57. The second-order valence-electron chi connectivity index (χ2n) is 6.98. The fourth-order valence-electron chi connectivity index (χ4n) is 3.70. The minimum atomic E-state index is -4.73. The van der Waals surface area contributed by atoms with E-state index < -0.39 is 6.36 Å². The maximum absolute atomic E-state index is 12.4. The Labute approximate surface area is 163 Å². The highest BCUT2D eigenvalue weighted by atomic mass is 32.1. The minimum absolute atomic E-state index is 0.270. The molecule has 0 amide bonds. The van der Waals surface area contributed by atoms with Crippen LogP contribution in [0, 0.1) is 5.41 Å². The molecule has 0 unspecified atom stereocenters. The van der Waals surface area contributed by atoms with Gasteiger partial charge in [-0.3, -0.25) is 10.1 Å². The first-order valence-electron chi connectivity index (χ1n) is 9.23. The highest BCUT2D eigenvalue weighted by Crippen LogP contribution is 2.31. The fourth-order valence-corrected chi connectivity index (χ4v) is 4.66. The molecule has 0 bridgehead atoms. The van der Waals surface area contributed by atoms with E-state index in [0.717, 1.165) is 29.9 Å². The molecule has 6 nitrogen and oxygen atoms in total. The van der Waals surface area contributed by atoms with E-state index in [0.29, 0.717) is 29.2 Å². The smallest absolute Gasteiger partial charge is 0.406 e. The number of alkyl halides is 3. The van der Waals surface area contributed by atoms with Gasteiger partial charge in [-0.15, -0.1) is 18.3 Å². The van der Waals surface area contributed by atoms with Crippen molar-refractivity contribution in [3.8, 4) is 5.75 Å². The number of thiazole rings is 1. The van der Waals surface area contributed by atoms with Crippen molar-refractivity contribution in [1.29, 1.82) is 5.41 Å². The van der Waals surface area contributed by atoms with Crippen molar-refractivity contribution in [2.24, 2.45) is 0 Å². The molecule has 2 aromatic heterocycles. The maximum atomic E-state index is 12.4. The van der Waals surface area contributed by atoms with E-state index in [4.69, 9.17) is 5.41 Å². The molecule has 0 spiro atoms. The topological polar surface area (TPSA) is 68.7 Å². The number of ether oxygens (including phenoxy) is 1. The summed E-state index contributed by atoms with van der Waals surface area (Å²) in [5.74, 6) is 0.206. The van der Waals surface area contributed by atoms with Gasteiger partial charge in [0, 0.05) is 18.7 Å². The van der Waals surface area contributed by atoms with Gasteiger partial charge in [-0.2, -0.15) is 0 Å². The van der Waals surface area contributed by atoms with Crippen LogP contribution in [0.15, 0.2) is 24.4 Å². The standard InChI is InChI=1S/C18H20F3N5OS/c19-18(20,21)27-13-6-7-15-16(10-13)28-17(22)26(15)9-8-25-11-14(23-24-25)12-4-2-1-3-5-12/h6-7,10-12,22H,1-5,8-9H2.